The minimum atomic E-state index is -1.11. The number of carbonyl (C=O) groups is 2. The lowest BCUT2D eigenvalue weighted by Gasteiger charge is -2.12. The number of carboxylic acids is 2. The van der Waals surface area contributed by atoms with Crippen LogP contribution in [0.25, 0.3) is 0 Å². The topological polar surface area (TPSA) is 74.6 Å². The van der Waals surface area contributed by atoms with E-state index in [1.165, 1.54) is 23.3 Å². The van der Waals surface area contributed by atoms with Crippen molar-refractivity contribution in [2.45, 2.75) is 19.3 Å². The molecular weight excluding hydrogens is 280 g/mol. The SMILES string of the molecule is O=C(O)c1ccc(CC2Cc3ccccc3C2)c(C(=O)O)c1. The smallest absolute Gasteiger partial charge is 0.335 e. The Morgan fingerprint density at radius 1 is 0.955 bits per heavy atom. The van der Waals surface area contributed by atoms with Gasteiger partial charge in [-0.1, -0.05) is 30.3 Å². The van der Waals surface area contributed by atoms with Gasteiger partial charge in [-0.05, 0) is 54.0 Å². The molecule has 0 atom stereocenters. The lowest BCUT2D eigenvalue weighted by atomic mass is 9.92. The molecule has 0 spiro atoms. The van der Waals surface area contributed by atoms with Crippen molar-refractivity contribution in [3.8, 4) is 0 Å². The molecule has 4 nitrogen and oxygen atoms in total. The van der Waals surface area contributed by atoms with Crippen LogP contribution in [0.2, 0.25) is 0 Å². The van der Waals surface area contributed by atoms with E-state index in [1.54, 1.807) is 6.07 Å². The van der Waals surface area contributed by atoms with Crippen molar-refractivity contribution in [1.82, 2.24) is 0 Å². The van der Waals surface area contributed by atoms with Crippen molar-refractivity contribution in [2.75, 3.05) is 0 Å². The molecule has 0 aliphatic heterocycles. The fourth-order valence-corrected chi connectivity index (χ4v) is 3.19. The normalized spacial score (nSPS) is 13.8. The number of aromatic carboxylic acids is 2. The molecule has 4 heteroatoms. The molecule has 2 N–H and O–H groups in total. The van der Waals surface area contributed by atoms with Gasteiger partial charge in [-0.15, -0.1) is 0 Å². The quantitative estimate of drug-likeness (QED) is 0.909. The second kappa shape index (κ2) is 5.64. The van der Waals surface area contributed by atoms with Gasteiger partial charge in [-0.3, -0.25) is 0 Å². The van der Waals surface area contributed by atoms with E-state index < -0.39 is 11.9 Å². The Hall–Kier alpha value is -2.62. The predicted molar refractivity (Wildman–Crippen MR) is 81.4 cm³/mol. The van der Waals surface area contributed by atoms with Gasteiger partial charge in [0.05, 0.1) is 11.1 Å². The summed E-state index contributed by atoms with van der Waals surface area (Å²) >= 11 is 0. The molecule has 0 aromatic heterocycles. The van der Waals surface area contributed by atoms with E-state index in [1.807, 2.05) is 12.1 Å². The fraction of sp³-hybridized carbons (Fsp3) is 0.222. The van der Waals surface area contributed by atoms with Crippen LogP contribution in [0.4, 0.5) is 0 Å². The zero-order valence-corrected chi connectivity index (χ0v) is 12.0. The largest absolute Gasteiger partial charge is 0.478 e. The number of carboxylic acid groups (broad SMARTS) is 2. The molecule has 0 saturated carbocycles. The van der Waals surface area contributed by atoms with Crippen molar-refractivity contribution < 1.29 is 19.8 Å². The molecule has 0 amide bonds. The van der Waals surface area contributed by atoms with Crippen LogP contribution >= 0.6 is 0 Å². The van der Waals surface area contributed by atoms with E-state index in [-0.39, 0.29) is 11.1 Å². The number of hydrogen-bond donors (Lipinski definition) is 2. The van der Waals surface area contributed by atoms with E-state index in [0.717, 1.165) is 12.8 Å². The molecular formula is C18H16O4. The Balaban J connectivity index is 1.84. The summed E-state index contributed by atoms with van der Waals surface area (Å²) in [4.78, 5) is 22.4. The Labute approximate surface area is 128 Å². The van der Waals surface area contributed by atoms with Gasteiger partial charge in [0.2, 0.25) is 0 Å². The van der Waals surface area contributed by atoms with Gasteiger partial charge < -0.3 is 10.2 Å². The minimum absolute atomic E-state index is 0.0101. The van der Waals surface area contributed by atoms with E-state index in [4.69, 9.17) is 5.11 Å². The van der Waals surface area contributed by atoms with Gasteiger partial charge in [0, 0.05) is 0 Å². The first-order valence-electron chi connectivity index (χ1n) is 7.21. The molecule has 2 aromatic rings. The van der Waals surface area contributed by atoms with Crippen LogP contribution in [0, 0.1) is 5.92 Å². The summed E-state index contributed by atoms with van der Waals surface area (Å²) in [6, 6.07) is 12.6. The molecule has 22 heavy (non-hydrogen) atoms. The van der Waals surface area contributed by atoms with Gasteiger partial charge >= 0.3 is 11.9 Å². The van der Waals surface area contributed by atoms with Crippen molar-refractivity contribution in [3.05, 3.63) is 70.3 Å². The van der Waals surface area contributed by atoms with Crippen LogP contribution < -0.4 is 0 Å². The monoisotopic (exact) mass is 296 g/mol. The Bertz CT molecular complexity index is 724. The van der Waals surface area contributed by atoms with E-state index in [9.17, 15) is 14.7 Å². The highest BCUT2D eigenvalue weighted by Gasteiger charge is 2.23. The highest BCUT2D eigenvalue weighted by Crippen LogP contribution is 2.30. The third-order valence-corrected chi connectivity index (χ3v) is 4.23. The Kier molecular flexibility index (Phi) is 3.67. The fourth-order valence-electron chi connectivity index (χ4n) is 3.19. The zero-order chi connectivity index (χ0) is 15.7. The van der Waals surface area contributed by atoms with Crippen LogP contribution in [-0.2, 0) is 19.3 Å². The lowest BCUT2D eigenvalue weighted by molar-refractivity contribution is 0.0695. The van der Waals surface area contributed by atoms with Crippen molar-refractivity contribution in [3.63, 3.8) is 0 Å². The Morgan fingerprint density at radius 2 is 1.59 bits per heavy atom. The van der Waals surface area contributed by atoms with E-state index in [0.29, 0.717) is 17.9 Å². The van der Waals surface area contributed by atoms with Gasteiger partial charge in [0.25, 0.3) is 0 Å². The molecule has 0 fully saturated rings. The van der Waals surface area contributed by atoms with Crippen LogP contribution in [0.5, 0.6) is 0 Å². The Morgan fingerprint density at radius 3 is 2.14 bits per heavy atom. The van der Waals surface area contributed by atoms with Gasteiger partial charge in [-0.25, -0.2) is 9.59 Å². The van der Waals surface area contributed by atoms with Gasteiger partial charge in [-0.2, -0.15) is 0 Å². The highest BCUT2D eigenvalue weighted by atomic mass is 16.4. The van der Waals surface area contributed by atoms with Crippen LogP contribution in [0.3, 0.4) is 0 Å². The first kappa shape index (κ1) is 14.3. The average molecular weight is 296 g/mol. The van der Waals surface area contributed by atoms with Crippen LogP contribution in [-0.4, -0.2) is 22.2 Å². The predicted octanol–water partition coefficient (Wildman–Crippen LogP) is 3.04. The third kappa shape index (κ3) is 2.72. The summed E-state index contributed by atoms with van der Waals surface area (Å²) in [5.41, 5.74) is 3.46. The van der Waals surface area contributed by atoms with E-state index >= 15 is 0 Å². The number of hydrogen-bond acceptors (Lipinski definition) is 2. The molecule has 112 valence electrons. The molecule has 0 bridgehead atoms. The summed E-state index contributed by atoms with van der Waals surface area (Å²) < 4.78 is 0. The van der Waals surface area contributed by atoms with Gasteiger partial charge in [0.1, 0.15) is 0 Å². The minimum Gasteiger partial charge on any atom is -0.478 e. The number of benzene rings is 2. The first-order valence-corrected chi connectivity index (χ1v) is 7.21. The average Bonchev–Trinajstić information content (AvgIpc) is 2.89. The van der Waals surface area contributed by atoms with Gasteiger partial charge in [0.15, 0.2) is 0 Å². The summed E-state index contributed by atoms with van der Waals surface area (Å²) in [6.45, 7) is 0. The molecule has 3 rings (SSSR count). The second-order valence-electron chi connectivity index (χ2n) is 5.73. The van der Waals surface area contributed by atoms with E-state index in [2.05, 4.69) is 12.1 Å². The highest BCUT2D eigenvalue weighted by molar-refractivity contribution is 5.94. The van der Waals surface area contributed by atoms with Crippen molar-refractivity contribution >= 4 is 11.9 Å². The lowest BCUT2D eigenvalue weighted by Crippen LogP contribution is -2.11. The van der Waals surface area contributed by atoms with Crippen molar-refractivity contribution in [1.29, 1.82) is 0 Å². The van der Waals surface area contributed by atoms with Crippen LogP contribution in [0.1, 0.15) is 37.4 Å². The van der Waals surface area contributed by atoms with Crippen LogP contribution in [0.15, 0.2) is 42.5 Å². The molecule has 0 saturated heterocycles. The number of fused-ring (bicyclic) bond motifs is 1. The third-order valence-electron chi connectivity index (χ3n) is 4.23. The summed E-state index contributed by atoms with van der Waals surface area (Å²) in [6.07, 6.45) is 2.53. The molecule has 1 aliphatic carbocycles. The maximum atomic E-state index is 11.4. The number of rotatable bonds is 4. The molecule has 1 aliphatic rings. The second-order valence-corrected chi connectivity index (χ2v) is 5.73. The zero-order valence-electron chi connectivity index (χ0n) is 12.0. The maximum absolute atomic E-state index is 11.4. The summed E-state index contributed by atoms with van der Waals surface area (Å²) in [5, 5.41) is 18.3. The molecule has 0 heterocycles. The standard InChI is InChI=1S/C18H16O4/c19-17(20)15-6-5-14(16(10-15)18(21)22)9-11-7-12-3-1-2-4-13(12)8-11/h1-6,10-11H,7-9H2,(H,19,20)(H,21,22). The molecule has 0 radical (unpaired) electrons. The summed E-state index contributed by atoms with van der Waals surface area (Å²) in [5.74, 6) is -1.82. The van der Waals surface area contributed by atoms with Crippen molar-refractivity contribution in [2.24, 2.45) is 5.92 Å². The first-order chi connectivity index (χ1) is 10.5. The summed E-state index contributed by atoms with van der Waals surface area (Å²) in [7, 11) is 0. The molecule has 0 unspecified atom stereocenters. The molecule has 2 aromatic carbocycles. The maximum Gasteiger partial charge on any atom is 0.335 e.